The van der Waals surface area contributed by atoms with Crippen LogP contribution in [0.3, 0.4) is 0 Å². The number of carbonyl (C=O) groups excluding carboxylic acids is 2. The second-order valence-electron chi connectivity index (χ2n) is 5.73. The molecule has 23 heavy (non-hydrogen) atoms. The van der Waals surface area contributed by atoms with Gasteiger partial charge in [0.05, 0.1) is 12.7 Å². The zero-order valence-corrected chi connectivity index (χ0v) is 13.9. The fourth-order valence-corrected chi connectivity index (χ4v) is 2.85. The summed E-state index contributed by atoms with van der Waals surface area (Å²) in [5.41, 5.74) is 0.302. The highest BCUT2D eigenvalue weighted by Crippen LogP contribution is 2.21. The van der Waals surface area contributed by atoms with Crippen LogP contribution in [0.4, 0.5) is 0 Å². The van der Waals surface area contributed by atoms with Gasteiger partial charge in [-0.15, -0.1) is 0 Å². The van der Waals surface area contributed by atoms with Gasteiger partial charge in [-0.25, -0.2) is 9.78 Å². The molecule has 6 heteroatoms. The number of rotatable bonds is 5. The number of hydrogen-bond donors (Lipinski definition) is 0. The fraction of sp³-hybridized carbons (Fsp3) is 0.588. The Hall–Kier alpha value is -2.11. The third-order valence-electron chi connectivity index (χ3n) is 4.19. The zero-order valence-electron chi connectivity index (χ0n) is 13.9. The van der Waals surface area contributed by atoms with E-state index in [1.807, 2.05) is 4.90 Å². The first kappa shape index (κ1) is 17.2. The first-order valence-electron chi connectivity index (χ1n) is 8.08. The number of pyridine rings is 1. The Kier molecular flexibility index (Phi) is 5.96. The maximum Gasteiger partial charge on any atom is 0.340 e. The molecule has 2 rings (SSSR count). The first-order valence-corrected chi connectivity index (χ1v) is 8.08. The van der Waals surface area contributed by atoms with Crippen LogP contribution in [-0.4, -0.2) is 47.6 Å². The van der Waals surface area contributed by atoms with Gasteiger partial charge in [0.2, 0.25) is 5.88 Å². The number of carbonyl (C=O) groups is 2. The van der Waals surface area contributed by atoms with Gasteiger partial charge in [0.1, 0.15) is 0 Å². The Balaban J connectivity index is 1.97. The van der Waals surface area contributed by atoms with Gasteiger partial charge in [0.15, 0.2) is 6.10 Å². The molecule has 0 aromatic carbocycles. The Bertz CT molecular complexity index is 544. The Morgan fingerprint density at radius 3 is 2.78 bits per heavy atom. The summed E-state index contributed by atoms with van der Waals surface area (Å²) in [5, 5.41) is 0. The van der Waals surface area contributed by atoms with Gasteiger partial charge in [0.25, 0.3) is 5.91 Å². The summed E-state index contributed by atoms with van der Waals surface area (Å²) in [4.78, 5) is 30.5. The zero-order chi connectivity index (χ0) is 16.8. The minimum Gasteiger partial charge on any atom is -0.481 e. The average molecular weight is 320 g/mol. The quantitative estimate of drug-likeness (QED) is 0.779. The second kappa shape index (κ2) is 7.94. The van der Waals surface area contributed by atoms with Crippen molar-refractivity contribution in [3.8, 4) is 5.88 Å². The first-order chi connectivity index (χ1) is 11.1. The molecular formula is C17H24N2O4. The maximum absolute atomic E-state index is 12.5. The summed E-state index contributed by atoms with van der Waals surface area (Å²) in [6.07, 6.45) is 4.68. The molecule has 1 aliphatic heterocycles. The van der Waals surface area contributed by atoms with E-state index in [1.165, 1.54) is 13.3 Å². The molecule has 2 atom stereocenters. The number of piperidine rings is 1. The molecule has 6 nitrogen and oxygen atoms in total. The van der Waals surface area contributed by atoms with Crippen LogP contribution < -0.4 is 4.74 Å². The van der Waals surface area contributed by atoms with Gasteiger partial charge in [-0.3, -0.25) is 4.79 Å². The van der Waals surface area contributed by atoms with Crippen LogP contribution >= 0.6 is 0 Å². The minimum atomic E-state index is -0.795. The minimum absolute atomic E-state index is 0.119. The summed E-state index contributed by atoms with van der Waals surface area (Å²) in [6, 6.07) is 3.40. The van der Waals surface area contributed by atoms with Crippen LogP contribution in [-0.2, 0) is 9.53 Å². The van der Waals surface area contributed by atoms with E-state index in [0.29, 0.717) is 11.4 Å². The Labute approximate surface area is 136 Å². The normalized spacial score (nSPS) is 19.1. The fourth-order valence-electron chi connectivity index (χ4n) is 2.85. The number of aromatic nitrogens is 1. The molecule has 1 fully saturated rings. The monoisotopic (exact) mass is 320 g/mol. The number of likely N-dealkylation sites (tertiary alicyclic amines) is 1. The van der Waals surface area contributed by atoms with Crippen LogP contribution in [0.25, 0.3) is 0 Å². The summed E-state index contributed by atoms with van der Waals surface area (Å²) in [6.45, 7) is 4.44. The lowest BCUT2D eigenvalue weighted by atomic mass is 9.99. The number of nitrogens with zero attached hydrogens (tertiary/aromatic N) is 2. The summed E-state index contributed by atoms with van der Waals surface area (Å²) in [5.74, 6) is -0.248. The summed E-state index contributed by atoms with van der Waals surface area (Å²) in [7, 11) is 1.50. The third kappa shape index (κ3) is 4.21. The molecule has 1 amide bonds. The number of esters is 1. The smallest absolute Gasteiger partial charge is 0.340 e. The molecule has 0 bridgehead atoms. The number of ether oxygens (including phenoxy) is 2. The molecule has 0 aliphatic carbocycles. The van der Waals surface area contributed by atoms with Crippen molar-refractivity contribution in [2.75, 3.05) is 13.7 Å². The maximum atomic E-state index is 12.5. The molecule has 126 valence electrons. The Morgan fingerprint density at radius 2 is 2.17 bits per heavy atom. The van der Waals surface area contributed by atoms with Crippen molar-refractivity contribution in [2.45, 2.75) is 51.7 Å². The van der Waals surface area contributed by atoms with E-state index in [2.05, 4.69) is 11.9 Å². The largest absolute Gasteiger partial charge is 0.481 e. The number of methoxy groups -OCH3 is 1. The van der Waals surface area contributed by atoms with Gasteiger partial charge in [-0.05, 0) is 38.7 Å². The van der Waals surface area contributed by atoms with Gasteiger partial charge in [0, 0.05) is 24.8 Å². The molecule has 2 heterocycles. The lowest BCUT2D eigenvalue weighted by molar-refractivity contribution is -0.143. The van der Waals surface area contributed by atoms with Gasteiger partial charge in [-0.2, -0.15) is 0 Å². The molecule has 0 saturated carbocycles. The molecule has 1 aliphatic rings. The summed E-state index contributed by atoms with van der Waals surface area (Å²) >= 11 is 0. The van der Waals surface area contributed by atoms with E-state index >= 15 is 0 Å². The van der Waals surface area contributed by atoms with E-state index < -0.39 is 12.1 Å². The molecule has 2 unspecified atom stereocenters. The lowest BCUT2D eigenvalue weighted by Crippen LogP contribution is -2.48. The van der Waals surface area contributed by atoms with E-state index in [1.54, 1.807) is 19.1 Å². The lowest BCUT2D eigenvalue weighted by Gasteiger charge is -2.36. The second-order valence-corrected chi connectivity index (χ2v) is 5.73. The van der Waals surface area contributed by atoms with Crippen molar-refractivity contribution in [2.24, 2.45) is 0 Å². The van der Waals surface area contributed by atoms with Crippen molar-refractivity contribution in [1.82, 2.24) is 9.88 Å². The third-order valence-corrected chi connectivity index (χ3v) is 4.19. The van der Waals surface area contributed by atoms with Gasteiger partial charge < -0.3 is 14.4 Å². The topological polar surface area (TPSA) is 68.7 Å². The van der Waals surface area contributed by atoms with Crippen molar-refractivity contribution < 1.29 is 19.1 Å². The molecule has 0 N–H and O–H groups in total. The van der Waals surface area contributed by atoms with E-state index in [9.17, 15) is 9.59 Å². The van der Waals surface area contributed by atoms with Crippen molar-refractivity contribution in [1.29, 1.82) is 0 Å². The highest BCUT2D eigenvalue weighted by molar-refractivity contribution is 5.92. The van der Waals surface area contributed by atoms with Crippen LogP contribution in [0.5, 0.6) is 5.88 Å². The van der Waals surface area contributed by atoms with E-state index in [4.69, 9.17) is 9.47 Å². The molecule has 1 aromatic rings. The standard InChI is InChI=1S/C17H24N2O4/c1-4-14-7-5-6-10-19(14)16(20)12(2)23-17(21)13-8-9-15(22-3)18-11-13/h8-9,11-12,14H,4-7,10H2,1-3H3. The summed E-state index contributed by atoms with van der Waals surface area (Å²) < 4.78 is 10.3. The van der Waals surface area contributed by atoms with Crippen LogP contribution in [0.1, 0.15) is 49.9 Å². The molecule has 1 aromatic heterocycles. The van der Waals surface area contributed by atoms with Crippen LogP contribution in [0, 0.1) is 0 Å². The molecular weight excluding hydrogens is 296 g/mol. The van der Waals surface area contributed by atoms with Crippen LogP contribution in [0.15, 0.2) is 18.3 Å². The molecule has 0 radical (unpaired) electrons. The average Bonchev–Trinajstić information content (AvgIpc) is 2.60. The highest BCUT2D eigenvalue weighted by atomic mass is 16.5. The predicted octanol–water partition coefficient (Wildman–Crippen LogP) is 2.43. The molecule has 0 spiro atoms. The number of hydrogen-bond acceptors (Lipinski definition) is 5. The van der Waals surface area contributed by atoms with E-state index in [0.717, 1.165) is 32.2 Å². The Morgan fingerprint density at radius 1 is 1.39 bits per heavy atom. The predicted molar refractivity (Wildman–Crippen MR) is 85.3 cm³/mol. The van der Waals surface area contributed by atoms with Crippen molar-refractivity contribution in [3.05, 3.63) is 23.9 Å². The SMILES string of the molecule is CCC1CCCCN1C(=O)C(C)OC(=O)c1ccc(OC)nc1. The van der Waals surface area contributed by atoms with Crippen molar-refractivity contribution >= 4 is 11.9 Å². The molecule has 1 saturated heterocycles. The van der Waals surface area contributed by atoms with Crippen molar-refractivity contribution in [3.63, 3.8) is 0 Å². The van der Waals surface area contributed by atoms with Gasteiger partial charge >= 0.3 is 5.97 Å². The van der Waals surface area contributed by atoms with E-state index in [-0.39, 0.29) is 11.9 Å². The number of amides is 1. The van der Waals surface area contributed by atoms with Gasteiger partial charge in [-0.1, -0.05) is 6.92 Å². The van der Waals surface area contributed by atoms with Crippen LogP contribution in [0.2, 0.25) is 0 Å². The highest BCUT2D eigenvalue weighted by Gasteiger charge is 2.30.